The van der Waals surface area contributed by atoms with Crippen LogP contribution in [0.3, 0.4) is 0 Å². The highest BCUT2D eigenvalue weighted by Gasteiger charge is 2.20. The van der Waals surface area contributed by atoms with Crippen molar-refractivity contribution in [1.82, 2.24) is 5.32 Å². The zero-order valence-corrected chi connectivity index (χ0v) is 11.3. The zero-order valence-electron chi connectivity index (χ0n) is 10.5. The highest BCUT2D eigenvalue weighted by Crippen LogP contribution is 2.17. The summed E-state index contributed by atoms with van der Waals surface area (Å²) in [5.74, 6) is -1.21. The average molecular weight is 276 g/mol. The van der Waals surface area contributed by atoms with Gasteiger partial charge in [-0.1, -0.05) is 31.5 Å². The third kappa shape index (κ3) is 4.63. The van der Waals surface area contributed by atoms with Crippen molar-refractivity contribution < 1.29 is 14.3 Å². The summed E-state index contributed by atoms with van der Waals surface area (Å²) in [5.41, 5.74) is 0.495. The summed E-state index contributed by atoms with van der Waals surface area (Å²) in [6, 6.07) is 5.46. The Balaban J connectivity index is 0.00000289. The van der Waals surface area contributed by atoms with Crippen LogP contribution >= 0.6 is 12.4 Å². The van der Waals surface area contributed by atoms with Crippen molar-refractivity contribution in [1.29, 1.82) is 0 Å². The van der Waals surface area contributed by atoms with Crippen LogP contribution in [0.1, 0.15) is 38.3 Å². The summed E-state index contributed by atoms with van der Waals surface area (Å²) >= 11 is 0. The molecular formula is C13H19ClFNO2. The van der Waals surface area contributed by atoms with Gasteiger partial charge in [0.25, 0.3) is 0 Å². The van der Waals surface area contributed by atoms with E-state index in [0.29, 0.717) is 12.0 Å². The Bertz CT molecular complexity index is 387. The smallest absolute Gasteiger partial charge is 0.320 e. The summed E-state index contributed by atoms with van der Waals surface area (Å²) in [5, 5.41) is 11.9. The molecule has 0 fully saturated rings. The summed E-state index contributed by atoms with van der Waals surface area (Å²) < 4.78 is 13.5. The number of benzene rings is 1. The van der Waals surface area contributed by atoms with Gasteiger partial charge in [-0.2, -0.15) is 0 Å². The minimum atomic E-state index is -0.893. The molecule has 0 aromatic heterocycles. The molecule has 5 heteroatoms. The van der Waals surface area contributed by atoms with Crippen LogP contribution in [0.2, 0.25) is 0 Å². The highest BCUT2D eigenvalue weighted by atomic mass is 35.5. The van der Waals surface area contributed by atoms with Crippen molar-refractivity contribution in [3.8, 4) is 0 Å². The monoisotopic (exact) mass is 275 g/mol. The second-order valence-electron chi connectivity index (χ2n) is 4.09. The number of nitrogens with one attached hydrogen (secondary N) is 1. The van der Waals surface area contributed by atoms with E-state index in [1.54, 1.807) is 25.1 Å². The fourth-order valence-electron chi connectivity index (χ4n) is 1.78. The summed E-state index contributed by atoms with van der Waals surface area (Å²) in [6.45, 7) is 3.69. The minimum Gasteiger partial charge on any atom is -0.480 e. The molecule has 0 saturated carbocycles. The first-order valence-electron chi connectivity index (χ1n) is 5.79. The molecule has 1 rings (SSSR count). The van der Waals surface area contributed by atoms with Gasteiger partial charge >= 0.3 is 5.97 Å². The molecule has 2 atom stereocenters. The maximum absolute atomic E-state index is 13.5. The van der Waals surface area contributed by atoms with Crippen molar-refractivity contribution in [3.05, 3.63) is 35.6 Å². The van der Waals surface area contributed by atoms with Gasteiger partial charge in [0.2, 0.25) is 0 Å². The first kappa shape index (κ1) is 16.9. The predicted molar refractivity (Wildman–Crippen MR) is 71.5 cm³/mol. The first-order chi connectivity index (χ1) is 8.06. The largest absolute Gasteiger partial charge is 0.480 e. The number of carboxylic acid groups (broad SMARTS) is 1. The SMILES string of the molecule is CCCC(NC(C)c1ccccc1F)C(=O)O.Cl. The molecule has 2 unspecified atom stereocenters. The number of rotatable bonds is 6. The number of hydrogen-bond donors (Lipinski definition) is 2. The van der Waals surface area contributed by atoms with E-state index in [2.05, 4.69) is 5.32 Å². The van der Waals surface area contributed by atoms with E-state index in [9.17, 15) is 9.18 Å². The minimum absolute atomic E-state index is 0. The van der Waals surface area contributed by atoms with Gasteiger partial charge in [0.05, 0.1) is 0 Å². The molecule has 3 nitrogen and oxygen atoms in total. The maximum Gasteiger partial charge on any atom is 0.320 e. The zero-order chi connectivity index (χ0) is 12.8. The molecular weight excluding hydrogens is 257 g/mol. The van der Waals surface area contributed by atoms with Crippen LogP contribution in [0.4, 0.5) is 4.39 Å². The van der Waals surface area contributed by atoms with E-state index < -0.39 is 12.0 Å². The van der Waals surface area contributed by atoms with E-state index >= 15 is 0 Å². The van der Waals surface area contributed by atoms with E-state index in [0.717, 1.165) is 6.42 Å². The number of hydrogen-bond acceptors (Lipinski definition) is 2. The molecule has 1 aromatic rings. The van der Waals surface area contributed by atoms with Crippen LogP contribution in [0.15, 0.2) is 24.3 Å². The van der Waals surface area contributed by atoms with Crippen molar-refractivity contribution >= 4 is 18.4 Å². The average Bonchev–Trinajstić information content (AvgIpc) is 2.28. The quantitative estimate of drug-likeness (QED) is 0.838. The van der Waals surface area contributed by atoms with Crippen LogP contribution in [0.25, 0.3) is 0 Å². The Hall–Kier alpha value is -1.13. The van der Waals surface area contributed by atoms with Crippen LogP contribution in [0.5, 0.6) is 0 Å². The van der Waals surface area contributed by atoms with Crippen molar-refractivity contribution in [2.45, 2.75) is 38.8 Å². The molecule has 0 heterocycles. The second-order valence-corrected chi connectivity index (χ2v) is 4.09. The highest BCUT2D eigenvalue weighted by molar-refractivity contribution is 5.85. The first-order valence-corrected chi connectivity index (χ1v) is 5.79. The molecule has 1 aromatic carbocycles. The fourth-order valence-corrected chi connectivity index (χ4v) is 1.78. The van der Waals surface area contributed by atoms with Gasteiger partial charge in [0.1, 0.15) is 11.9 Å². The summed E-state index contributed by atoms with van der Waals surface area (Å²) in [4.78, 5) is 11.0. The fraction of sp³-hybridized carbons (Fsp3) is 0.462. The lowest BCUT2D eigenvalue weighted by molar-refractivity contribution is -0.139. The van der Waals surface area contributed by atoms with Gasteiger partial charge in [0.15, 0.2) is 0 Å². The Morgan fingerprint density at radius 1 is 1.44 bits per heavy atom. The predicted octanol–water partition coefficient (Wildman–Crippen LogP) is 3.15. The van der Waals surface area contributed by atoms with E-state index in [-0.39, 0.29) is 24.3 Å². The number of aliphatic carboxylic acids is 1. The third-order valence-electron chi connectivity index (χ3n) is 2.70. The van der Waals surface area contributed by atoms with Crippen LogP contribution in [0, 0.1) is 5.82 Å². The van der Waals surface area contributed by atoms with Crippen LogP contribution in [-0.4, -0.2) is 17.1 Å². The molecule has 18 heavy (non-hydrogen) atoms. The molecule has 0 saturated heterocycles. The Morgan fingerprint density at radius 2 is 2.06 bits per heavy atom. The topological polar surface area (TPSA) is 49.3 Å². The van der Waals surface area contributed by atoms with E-state index in [4.69, 9.17) is 5.11 Å². The molecule has 0 spiro atoms. The Labute approximate surface area is 113 Å². The maximum atomic E-state index is 13.5. The van der Waals surface area contributed by atoms with Gasteiger partial charge in [-0.15, -0.1) is 12.4 Å². The molecule has 0 amide bonds. The lowest BCUT2D eigenvalue weighted by Crippen LogP contribution is -2.38. The Morgan fingerprint density at radius 3 is 2.56 bits per heavy atom. The summed E-state index contributed by atoms with van der Waals surface area (Å²) in [6.07, 6.45) is 1.31. The van der Waals surface area contributed by atoms with Crippen LogP contribution in [-0.2, 0) is 4.79 Å². The van der Waals surface area contributed by atoms with E-state index in [1.807, 2.05) is 6.92 Å². The summed E-state index contributed by atoms with van der Waals surface area (Å²) in [7, 11) is 0. The lowest BCUT2D eigenvalue weighted by Gasteiger charge is -2.20. The van der Waals surface area contributed by atoms with Gasteiger partial charge < -0.3 is 5.11 Å². The van der Waals surface area contributed by atoms with Gasteiger partial charge in [-0.05, 0) is 19.4 Å². The molecule has 102 valence electrons. The number of halogens is 2. The molecule has 0 aliphatic carbocycles. The Kier molecular flexibility index (Phi) is 7.55. The van der Waals surface area contributed by atoms with Gasteiger partial charge in [0, 0.05) is 11.6 Å². The standard InChI is InChI=1S/C13H18FNO2.ClH/c1-3-6-12(13(16)17)15-9(2)10-7-4-5-8-11(10)14;/h4-5,7-9,12,15H,3,6H2,1-2H3,(H,16,17);1H. The van der Waals surface area contributed by atoms with Crippen molar-refractivity contribution in [2.75, 3.05) is 0 Å². The number of carboxylic acids is 1. The molecule has 0 aliphatic rings. The van der Waals surface area contributed by atoms with Gasteiger partial charge in [-0.25, -0.2) is 4.39 Å². The number of carbonyl (C=O) groups is 1. The molecule has 2 N–H and O–H groups in total. The normalized spacial score (nSPS) is 13.5. The lowest BCUT2D eigenvalue weighted by atomic mass is 10.1. The van der Waals surface area contributed by atoms with E-state index in [1.165, 1.54) is 6.07 Å². The van der Waals surface area contributed by atoms with Crippen molar-refractivity contribution in [3.63, 3.8) is 0 Å². The third-order valence-corrected chi connectivity index (χ3v) is 2.70. The van der Waals surface area contributed by atoms with Gasteiger partial charge in [-0.3, -0.25) is 10.1 Å². The van der Waals surface area contributed by atoms with Crippen LogP contribution < -0.4 is 5.32 Å². The van der Waals surface area contributed by atoms with Crippen molar-refractivity contribution in [2.24, 2.45) is 0 Å². The molecule has 0 radical (unpaired) electrons. The second kappa shape index (κ2) is 8.06. The molecule has 0 bridgehead atoms. The molecule has 0 aliphatic heterocycles.